The molecule has 2 heterocycles. The third kappa shape index (κ3) is 7.68. The number of carboxylic acid groups (broad SMARTS) is 1. The number of carbonyl (C=O) groups is 3. The molecular weight excluding hydrogens is 507 g/mol. The minimum atomic E-state index is -1.04. The second-order valence-electron chi connectivity index (χ2n) is 11.6. The molecule has 0 bridgehead atoms. The third-order valence-corrected chi connectivity index (χ3v) is 6.59. The van der Waals surface area contributed by atoms with Crippen LogP contribution < -0.4 is 0 Å². The van der Waals surface area contributed by atoms with E-state index in [1.807, 2.05) is 13.8 Å². The maximum Gasteiger partial charge on any atom is 0.410 e. The van der Waals surface area contributed by atoms with Crippen LogP contribution in [0.25, 0.3) is 11.0 Å². The number of ether oxygens (including phenoxy) is 2. The van der Waals surface area contributed by atoms with Crippen LogP contribution in [0.3, 0.4) is 0 Å². The van der Waals surface area contributed by atoms with Gasteiger partial charge in [0.1, 0.15) is 11.1 Å². The summed E-state index contributed by atoms with van der Waals surface area (Å²) >= 11 is 0. The molecule has 0 spiro atoms. The van der Waals surface area contributed by atoms with Crippen LogP contribution >= 0.6 is 0 Å². The van der Waals surface area contributed by atoms with Gasteiger partial charge in [-0.15, -0.1) is 0 Å². The van der Waals surface area contributed by atoms with Gasteiger partial charge < -0.3 is 28.9 Å². The minimum absolute atomic E-state index is 0.00627. The number of aryl methyl sites for hydroxylation is 1. The monoisotopic (exact) mass is 548 g/mol. The second-order valence-corrected chi connectivity index (χ2v) is 11.6. The Kier molecular flexibility index (Phi) is 9.93. The van der Waals surface area contributed by atoms with E-state index in [1.54, 1.807) is 49.5 Å². The fourth-order valence-corrected chi connectivity index (χ4v) is 4.89. The summed E-state index contributed by atoms with van der Waals surface area (Å²) in [6.45, 7) is 10.6. The zero-order valence-electron chi connectivity index (χ0n) is 23.8. The number of amides is 2. The third-order valence-electron chi connectivity index (χ3n) is 6.59. The number of para-hydroxylation sites is 1. The van der Waals surface area contributed by atoms with Crippen LogP contribution in [-0.2, 0) is 20.8 Å². The lowest BCUT2D eigenvalue weighted by Gasteiger charge is -2.42. The van der Waals surface area contributed by atoms with Crippen LogP contribution in [0.5, 0.6) is 0 Å². The Morgan fingerprint density at radius 1 is 1.21 bits per heavy atom. The zero-order valence-corrected chi connectivity index (χ0v) is 23.8. The minimum Gasteiger partial charge on any atom is -0.481 e. The Bertz CT molecular complexity index is 1170. The molecule has 1 saturated heterocycles. The van der Waals surface area contributed by atoms with E-state index in [1.165, 1.54) is 11.0 Å². The quantitative estimate of drug-likeness (QED) is 0.438. The van der Waals surface area contributed by atoms with E-state index in [0.29, 0.717) is 31.6 Å². The van der Waals surface area contributed by atoms with Gasteiger partial charge in [0.2, 0.25) is 0 Å². The lowest BCUT2D eigenvalue weighted by molar-refractivity contribution is -0.144. The topological polar surface area (TPSA) is 114 Å². The number of benzene rings is 1. The van der Waals surface area contributed by atoms with Gasteiger partial charge in [0.15, 0.2) is 11.6 Å². The van der Waals surface area contributed by atoms with Crippen molar-refractivity contribution < 1.29 is 33.4 Å². The van der Waals surface area contributed by atoms with Crippen molar-refractivity contribution in [1.29, 1.82) is 0 Å². The summed E-state index contributed by atoms with van der Waals surface area (Å²) in [6, 6.07) is 4.04. The number of imidazole rings is 1. The highest BCUT2D eigenvalue weighted by Gasteiger charge is 2.40. The molecule has 1 N–H and O–H groups in total. The number of fused-ring (bicyclic) bond motifs is 1. The lowest BCUT2D eigenvalue weighted by Crippen LogP contribution is -2.57. The average molecular weight is 549 g/mol. The van der Waals surface area contributed by atoms with Crippen LogP contribution in [0.1, 0.15) is 64.5 Å². The van der Waals surface area contributed by atoms with Crippen molar-refractivity contribution in [1.82, 2.24) is 19.4 Å². The molecule has 1 unspecified atom stereocenters. The first-order valence-electron chi connectivity index (χ1n) is 13.5. The van der Waals surface area contributed by atoms with E-state index >= 15 is 0 Å². The van der Waals surface area contributed by atoms with Gasteiger partial charge in [-0.2, -0.15) is 0 Å². The largest absolute Gasteiger partial charge is 0.481 e. The Morgan fingerprint density at radius 2 is 1.92 bits per heavy atom. The number of piperidine rings is 1. The molecule has 1 aliphatic heterocycles. The van der Waals surface area contributed by atoms with E-state index in [0.717, 1.165) is 6.42 Å². The molecule has 1 aliphatic rings. The summed E-state index contributed by atoms with van der Waals surface area (Å²) in [4.78, 5) is 46.6. The van der Waals surface area contributed by atoms with Gasteiger partial charge in [-0.05, 0) is 58.1 Å². The first-order chi connectivity index (χ1) is 18.3. The highest BCUT2D eigenvalue weighted by Crippen LogP contribution is 2.27. The normalized spacial score (nSPS) is 18.0. The molecule has 39 heavy (non-hydrogen) atoms. The first kappa shape index (κ1) is 30.3. The fourth-order valence-electron chi connectivity index (χ4n) is 4.89. The molecule has 11 heteroatoms. The Balaban J connectivity index is 2.00. The predicted octanol–water partition coefficient (Wildman–Crippen LogP) is 4.41. The molecule has 10 nitrogen and oxygen atoms in total. The highest BCUT2D eigenvalue weighted by molar-refractivity contribution is 5.95. The standard InChI is InChI=1S/C28H41FN4O6/c1-18(2)15-33(20-14-19(26(35)36)16-31(17-20)27(37)39-28(3,4)5)25(34)24-30-23-21(29)10-9-11-22(23)32(24)12-7-8-13-38-6/h9-11,18-20H,7-8,12-17H2,1-6H3,(H,35,36)/t19-,20?/m1/s1. The van der Waals surface area contributed by atoms with Gasteiger partial charge in [-0.3, -0.25) is 9.59 Å². The van der Waals surface area contributed by atoms with Gasteiger partial charge in [-0.25, -0.2) is 14.2 Å². The molecule has 2 amide bonds. The maximum absolute atomic E-state index is 14.7. The molecule has 1 fully saturated rings. The number of methoxy groups -OCH3 is 1. The van der Waals surface area contributed by atoms with E-state index < -0.39 is 41.3 Å². The molecule has 2 atom stereocenters. The van der Waals surface area contributed by atoms with Gasteiger partial charge in [0.25, 0.3) is 5.91 Å². The van der Waals surface area contributed by atoms with Crippen molar-refractivity contribution >= 4 is 29.0 Å². The smallest absolute Gasteiger partial charge is 0.410 e. The van der Waals surface area contributed by atoms with Crippen LogP contribution in [0.15, 0.2) is 18.2 Å². The summed E-state index contributed by atoms with van der Waals surface area (Å²) < 4.78 is 27.1. The molecule has 3 rings (SSSR count). The molecular formula is C28H41FN4O6. The molecule has 216 valence electrons. The van der Waals surface area contributed by atoms with Gasteiger partial charge in [0.05, 0.1) is 17.5 Å². The number of unbranched alkanes of at least 4 members (excludes halogenated alkanes) is 1. The van der Waals surface area contributed by atoms with Gasteiger partial charge >= 0.3 is 12.1 Å². The van der Waals surface area contributed by atoms with E-state index in [-0.39, 0.29) is 36.8 Å². The number of carboxylic acids is 1. The van der Waals surface area contributed by atoms with Crippen LogP contribution in [-0.4, -0.2) is 87.4 Å². The number of halogens is 1. The van der Waals surface area contributed by atoms with Crippen molar-refractivity contribution in [3.8, 4) is 0 Å². The van der Waals surface area contributed by atoms with Crippen molar-refractivity contribution in [2.75, 3.05) is 33.4 Å². The number of likely N-dealkylation sites (tertiary alicyclic amines) is 1. The van der Waals surface area contributed by atoms with Gasteiger partial charge in [-0.1, -0.05) is 19.9 Å². The van der Waals surface area contributed by atoms with Crippen LogP contribution in [0.2, 0.25) is 0 Å². The van der Waals surface area contributed by atoms with Crippen molar-refractivity contribution in [2.24, 2.45) is 11.8 Å². The Hall–Kier alpha value is -3.21. The van der Waals surface area contributed by atoms with Crippen molar-refractivity contribution in [3.05, 3.63) is 29.8 Å². The number of aromatic nitrogens is 2. The molecule has 2 aromatic rings. The molecule has 0 saturated carbocycles. The van der Waals surface area contributed by atoms with E-state index in [9.17, 15) is 23.9 Å². The second kappa shape index (κ2) is 12.8. The summed E-state index contributed by atoms with van der Waals surface area (Å²) in [7, 11) is 1.62. The zero-order chi connectivity index (χ0) is 28.9. The first-order valence-corrected chi connectivity index (χ1v) is 13.5. The SMILES string of the molecule is COCCCCn1c(C(=O)N(CC(C)C)C2C[C@@H](C(=O)O)CN(C(=O)OC(C)(C)C)C2)nc2c(F)cccc21. The predicted molar refractivity (Wildman–Crippen MR) is 144 cm³/mol. The number of nitrogens with zero attached hydrogens (tertiary/aromatic N) is 4. The summed E-state index contributed by atoms with van der Waals surface area (Å²) in [5, 5.41) is 9.87. The number of hydrogen-bond acceptors (Lipinski definition) is 6. The maximum atomic E-state index is 14.7. The lowest BCUT2D eigenvalue weighted by atomic mass is 9.92. The number of aliphatic carboxylic acids is 1. The fraction of sp³-hybridized carbons (Fsp3) is 0.643. The van der Waals surface area contributed by atoms with Gasteiger partial charge in [0, 0.05) is 39.9 Å². The molecule has 0 aliphatic carbocycles. The summed E-state index contributed by atoms with van der Waals surface area (Å²) in [5.74, 6) is -2.72. The number of carbonyl (C=O) groups excluding carboxylic acids is 2. The van der Waals surface area contributed by atoms with Crippen LogP contribution in [0.4, 0.5) is 9.18 Å². The molecule has 1 aromatic carbocycles. The highest BCUT2D eigenvalue weighted by atomic mass is 19.1. The Labute approximate surface area is 229 Å². The van der Waals surface area contributed by atoms with Crippen molar-refractivity contribution in [2.45, 2.75) is 72.1 Å². The van der Waals surface area contributed by atoms with Crippen LogP contribution in [0, 0.1) is 17.7 Å². The average Bonchev–Trinajstić information content (AvgIpc) is 3.23. The van der Waals surface area contributed by atoms with E-state index in [2.05, 4.69) is 4.98 Å². The molecule has 0 radical (unpaired) electrons. The number of rotatable bonds is 10. The summed E-state index contributed by atoms with van der Waals surface area (Å²) in [6.07, 6.45) is 0.998. The Morgan fingerprint density at radius 3 is 2.54 bits per heavy atom. The van der Waals surface area contributed by atoms with E-state index in [4.69, 9.17) is 9.47 Å². The van der Waals surface area contributed by atoms with Crippen molar-refractivity contribution in [3.63, 3.8) is 0 Å². The molecule has 1 aromatic heterocycles. The number of hydrogen-bond donors (Lipinski definition) is 1. The summed E-state index contributed by atoms with van der Waals surface area (Å²) in [5.41, 5.74) is -0.129.